The van der Waals surface area contributed by atoms with Crippen molar-refractivity contribution in [3.05, 3.63) is 29.1 Å². The number of pyridine rings is 1. The zero-order valence-electron chi connectivity index (χ0n) is 17.3. The summed E-state index contributed by atoms with van der Waals surface area (Å²) in [6.07, 6.45) is 2.48. The lowest BCUT2D eigenvalue weighted by molar-refractivity contribution is 0.0949. The predicted octanol–water partition coefficient (Wildman–Crippen LogP) is 4.87. The Morgan fingerprint density at radius 2 is 1.97 bits per heavy atom. The molecule has 2 N–H and O–H groups in total. The van der Waals surface area contributed by atoms with E-state index in [1.165, 1.54) is 12.8 Å². The molecule has 2 aromatic heterocycles. The second-order valence-corrected chi connectivity index (χ2v) is 9.86. The maximum Gasteiger partial charge on any atom is 0.263 e. The average Bonchev–Trinajstić information content (AvgIpc) is 3.04. The van der Waals surface area contributed by atoms with Crippen molar-refractivity contribution in [2.45, 2.75) is 39.7 Å². The first-order valence-electron chi connectivity index (χ1n) is 10.7. The van der Waals surface area contributed by atoms with Crippen LogP contribution in [0.2, 0.25) is 0 Å². The molecule has 0 bridgehead atoms. The molecule has 1 aromatic carbocycles. The summed E-state index contributed by atoms with van der Waals surface area (Å²) in [6.45, 7) is 9.58. The third-order valence-electron chi connectivity index (χ3n) is 6.48. The maximum atomic E-state index is 12.6. The van der Waals surface area contributed by atoms with Gasteiger partial charge in [0.05, 0.1) is 11.2 Å². The molecular formula is C23H28N4OS. The lowest BCUT2D eigenvalue weighted by atomic mass is 9.87. The molecule has 2 aliphatic rings. The third kappa shape index (κ3) is 3.23. The molecule has 29 heavy (non-hydrogen) atoms. The second-order valence-electron chi connectivity index (χ2n) is 8.80. The summed E-state index contributed by atoms with van der Waals surface area (Å²) >= 11 is 1.56. The molecule has 0 saturated carbocycles. The van der Waals surface area contributed by atoms with E-state index in [1.54, 1.807) is 11.3 Å². The Labute approximate surface area is 175 Å². The highest BCUT2D eigenvalue weighted by Crippen LogP contribution is 2.41. The molecule has 3 aromatic rings. The first-order valence-corrected chi connectivity index (χ1v) is 11.5. The van der Waals surface area contributed by atoms with E-state index in [0.717, 1.165) is 68.8 Å². The van der Waals surface area contributed by atoms with Crippen LogP contribution >= 0.6 is 11.3 Å². The highest BCUT2D eigenvalue weighted by Gasteiger charge is 2.26. The van der Waals surface area contributed by atoms with Gasteiger partial charge in [0.15, 0.2) is 0 Å². The molecule has 0 aliphatic carbocycles. The van der Waals surface area contributed by atoms with E-state index in [2.05, 4.69) is 53.6 Å². The Bertz CT molecular complexity index is 1080. The highest BCUT2D eigenvalue weighted by molar-refractivity contribution is 7.21. The van der Waals surface area contributed by atoms with Crippen LogP contribution in [0.25, 0.3) is 21.0 Å². The number of hydrogen-bond acceptors (Lipinski definition) is 5. The van der Waals surface area contributed by atoms with Crippen LogP contribution in [0, 0.1) is 11.8 Å². The fourth-order valence-electron chi connectivity index (χ4n) is 4.69. The summed E-state index contributed by atoms with van der Waals surface area (Å²) in [5.74, 6) is 2.67. The van der Waals surface area contributed by atoms with Crippen LogP contribution in [0.4, 0.5) is 11.5 Å². The van der Waals surface area contributed by atoms with Gasteiger partial charge in [-0.3, -0.25) is 4.79 Å². The Morgan fingerprint density at radius 3 is 2.72 bits per heavy atom. The zero-order chi connectivity index (χ0) is 20.1. The van der Waals surface area contributed by atoms with E-state index in [-0.39, 0.29) is 11.9 Å². The summed E-state index contributed by atoms with van der Waals surface area (Å²) in [7, 11) is 0. The van der Waals surface area contributed by atoms with Crippen molar-refractivity contribution in [1.82, 2.24) is 10.3 Å². The fraction of sp³-hybridized carbons (Fsp3) is 0.478. The molecule has 0 spiro atoms. The quantitative estimate of drug-likeness (QED) is 0.635. The lowest BCUT2D eigenvalue weighted by Crippen LogP contribution is -2.35. The van der Waals surface area contributed by atoms with Crippen molar-refractivity contribution in [3.8, 4) is 0 Å². The normalized spacial score (nSPS) is 20.6. The molecule has 1 amide bonds. The number of anilines is 2. The molecule has 1 saturated heterocycles. The molecule has 1 fully saturated rings. The molecule has 2 aliphatic heterocycles. The number of carbonyl (C=O) groups excluding carboxylic acids is 1. The van der Waals surface area contributed by atoms with E-state index in [0.29, 0.717) is 0 Å². The van der Waals surface area contributed by atoms with Gasteiger partial charge in [-0.2, -0.15) is 0 Å². The molecular weight excluding hydrogens is 380 g/mol. The molecule has 5 rings (SSSR count). The van der Waals surface area contributed by atoms with E-state index in [4.69, 9.17) is 4.98 Å². The van der Waals surface area contributed by atoms with Gasteiger partial charge in [0, 0.05) is 41.1 Å². The van der Waals surface area contributed by atoms with Crippen LogP contribution in [-0.2, 0) is 0 Å². The molecule has 152 valence electrons. The van der Waals surface area contributed by atoms with Crippen molar-refractivity contribution in [2.24, 2.45) is 11.8 Å². The van der Waals surface area contributed by atoms with Crippen molar-refractivity contribution in [2.75, 3.05) is 29.9 Å². The summed E-state index contributed by atoms with van der Waals surface area (Å²) < 4.78 is 1.13. The van der Waals surface area contributed by atoms with Gasteiger partial charge in [-0.1, -0.05) is 13.8 Å². The number of thiophene rings is 1. The van der Waals surface area contributed by atoms with Gasteiger partial charge in [0.1, 0.15) is 10.7 Å². The number of amides is 1. The number of carbonyl (C=O) groups is 1. The van der Waals surface area contributed by atoms with Crippen molar-refractivity contribution in [1.29, 1.82) is 0 Å². The number of piperidine rings is 1. The number of fused-ring (bicyclic) bond motifs is 5. The number of nitrogens with zero attached hydrogens (tertiary/aromatic N) is 2. The highest BCUT2D eigenvalue weighted by atomic mass is 32.1. The second kappa shape index (κ2) is 7.17. The molecule has 0 unspecified atom stereocenters. The molecule has 6 heteroatoms. The topological polar surface area (TPSA) is 57.3 Å². The van der Waals surface area contributed by atoms with Gasteiger partial charge in [-0.15, -0.1) is 11.3 Å². The third-order valence-corrected chi connectivity index (χ3v) is 7.64. The Morgan fingerprint density at radius 1 is 1.17 bits per heavy atom. The monoisotopic (exact) mass is 408 g/mol. The van der Waals surface area contributed by atoms with E-state index in [9.17, 15) is 4.79 Å². The minimum absolute atomic E-state index is 0.0180. The van der Waals surface area contributed by atoms with Gasteiger partial charge >= 0.3 is 0 Å². The largest absolute Gasteiger partial charge is 0.381 e. The predicted molar refractivity (Wildman–Crippen MR) is 122 cm³/mol. The van der Waals surface area contributed by atoms with Crippen molar-refractivity contribution >= 4 is 49.7 Å². The van der Waals surface area contributed by atoms with Gasteiger partial charge < -0.3 is 15.5 Å². The Balaban J connectivity index is 1.53. The summed E-state index contributed by atoms with van der Waals surface area (Å²) in [6, 6.07) is 8.66. The lowest BCUT2D eigenvalue weighted by Gasteiger charge is -2.34. The molecule has 5 nitrogen and oxygen atoms in total. The molecule has 0 radical (unpaired) electrons. The van der Waals surface area contributed by atoms with Crippen LogP contribution in [0.1, 0.15) is 43.3 Å². The minimum atomic E-state index is 0.0180. The number of hydrogen-bond donors (Lipinski definition) is 2. The number of aromatic nitrogens is 1. The van der Waals surface area contributed by atoms with Crippen molar-refractivity contribution in [3.63, 3.8) is 0 Å². The number of benzene rings is 1. The van der Waals surface area contributed by atoms with Crippen LogP contribution in [-0.4, -0.2) is 36.6 Å². The summed E-state index contributed by atoms with van der Waals surface area (Å²) in [4.78, 5) is 20.8. The van der Waals surface area contributed by atoms with E-state index >= 15 is 0 Å². The average molecular weight is 409 g/mol. The summed E-state index contributed by atoms with van der Waals surface area (Å²) in [5, 5.41) is 8.81. The maximum absolute atomic E-state index is 12.6. The van der Waals surface area contributed by atoms with Gasteiger partial charge in [0.2, 0.25) is 0 Å². The van der Waals surface area contributed by atoms with Crippen LogP contribution in [0.3, 0.4) is 0 Å². The van der Waals surface area contributed by atoms with Gasteiger partial charge in [-0.25, -0.2) is 4.98 Å². The number of nitrogens with one attached hydrogen (secondary N) is 2. The van der Waals surface area contributed by atoms with Crippen LogP contribution in [0.5, 0.6) is 0 Å². The van der Waals surface area contributed by atoms with E-state index < -0.39 is 0 Å². The molecule has 1 atom stereocenters. The SMILES string of the molecule is CC(C)C1CCN(c2ccc3c(ccc4sc5c(c43)NC[C@@H](C)NC5=O)n2)CC1. The Kier molecular flexibility index (Phi) is 4.62. The first kappa shape index (κ1) is 18.7. The van der Waals surface area contributed by atoms with E-state index in [1.807, 2.05) is 6.92 Å². The van der Waals surface area contributed by atoms with Gasteiger partial charge in [0.25, 0.3) is 5.91 Å². The Hall–Kier alpha value is -2.34. The minimum Gasteiger partial charge on any atom is -0.381 e. The smallest absolute Gasteiger partial charge is 0.263 e. The van der Waals surface area contributed by atoms with Crippen LogP contribution in [0.15, 0.2) is 24.3 Å². The van der Waals surface area contributed by atoms with Crippen molar-refractivity contribution < 1.29 is 4.79 Å². The molecule has 4 heterocycles. The fourth-order valence-corrected chi connectivity index (χ4v) is 5.78. The van der Waals surface area contributed by atoms with Gasteiger partial charge in [-0.05, 0) is 55.9 Å². The van der Waals surface area contributed by atoms with Crippen LogP contribution < -0.4 is 15.5 Å². The number of rotatable bonds is 2. The standard InChI is InChI=1S/C23H28N4OS/c1-13(2)15-8-10-27(11-9-15)19-7-4-16-17(26-19)5-6-18-20(16)21-22(29-18)23(28)25-14(3)12-24-21/h4-7,13-15,24H,8-12H2,1-3H3,(H,25,28)/t14-/m1/s1. The first-order chi connectivity index (χ1) is 14.0. The zero-order valence-corrected chi connectivity index (χ0v) is 18.1. The summed E-state index contributed by atoms with van der Waals surface area (Å²) in [5.41, 5.74) is 1.96.